The van der Waals surface area contributed by atoms with Crippen molar-refractivity contribution in [2.24, 2.45) is 5.92 Å². The minimum atomic E-state index is -1.06. The molecule has 0 radical (unpaired) electrons. The van der Waals surface area contributed by atoms with Gasteiger partial charge in [0.15, 0.2) is 0 Å². The number of carbonyl (C=O) groups excluding carboxylic acids is 4. The average Bonchev–Trinajstić information content (AvgIpc) is 3.63. The van der Waals surface area contributed by atoms with E-state index in [0.717, 1.165) is 5.56 Å². The van der Waals surface area contributed by atoms with Gasteiger partial charge >= 0.3 is 12.1 Å². The Morgan fingerprint density at radius 3 is 2.21 bits per heavy atom. The molecule has 10 heteroatoms. The first-order valence-electron chi connectivity index (χ1n) is 14.4. The van der Waals surface area contributed by atoms with Gasteiger partial charge in [-0.05, 0) is 70.2 Å². The molecule has 2 aromatic carbocycles. The van der Waals surface area contributed by atoms with Crippen molar-refractivity contribution in [2.45, 2.75) is 84.5 Å². The molecular weight excluding hydrogens is 538 g/mol. The maximum Gasteiger partial charge on any atom is 0.408 e. The molecule has 10 nitrogen and oxygen atoms in total. The second-order valence-electron chi connectivity index (χ2n) is 11.8. The van der Waals surface area contributed by atoms with Crippen molar-refractivity contribution < 1.29 is 33.8 Å². The van der Waals surface area contributed by atoms with Crippen LogP contribution in [-0.4, -0.2) is 64.7 Å². The Kier molecular flexibility index (Phi) is 11.0. The fourth-order valence-corrected chi connectivity index (χ4v) is 4.67. The maximum absolute atomic E-state index is 14.4. The number of ether oxygens (including phenoxy) is 2. The van der Waals surface area contributed by atoms with Crippen LogP contribution < -0.4 is 10.6 Å². The molecule has 1 fully saturated rings. The Bertz CT molecular complexity index is 1240. The molecule has 3 rings (SSSR count). The average molecular weight is 582 g/mol. The van der Waals surface area contributed by atoms with Gasteiger partial charge in [-0.3, -0.25) is 14.4 Å². The summed E-state index contributed by atoms with van der Waals surface area (Å²) in [5, 5.41) is 15.3. The minimum Gasteiger partial charge on any atom is -0.508 e. The highest BCUT2D eigenvalue weighted by molar-refractivity contribution is 5.93. The van der Waals surface area contributed by atoms with Crippen molar-refractivity contribution in [3.8, 4) is 5.75 Å². The highest BCUT2D eigenvalue weighted by Gasteiger charge is 2.48. The van der Waals surface area contributed by atoms with Gasteiger partial charge in [0.2, 0.25) is 11.8 Å². The molecule has 42 heavy (non-hydrogen) atoms. The number of esters is 1. The Labute approximate surface area is 247 Å². The maximum atomic E-state index is 14.4. The molecule has 2 aromatic rings. The lowest BCUT2D eigenvalue weighted by atomic mass is 9.99. The summed E-state index contributed by atoms with van der Waals surface area (Å²) in [6, 6.07) is 11.5. The summed E-state index contributed by atoms with van der Waals surface area (Å²) in [5.74, 6) is -1.08. The summed E-state index contributed by atoms with van der Waals surface area (Å²) < 4.78 is 10.4. The molecule has 4 unspecified atom stereocenters. The second-order valence-corrected chi connectivity index (χ2v) is 11.8. The number of nitrogens with one attached hydrogen (secondary N) is 2. The van der Waals surface area contributed by atoms with Gasteiger partial charge in [-0.15, -0.1) is 0 Å². The Morgan fingerprint density at radius 2 is 1.67 bits per heavy atom. The Hall–Kier alpha value is -4.08. The number of phenols is 1. The third-order valence-electron chi connectivity index (χ3n) is 6.90. The smallest absolute Gasteiger partial charge is 0.408 e. The monoisotopic (exact) mass is 581 g/mol. The molecule has 3 amide bonds. The number of phenolic OH excluding ortho intramolecular Hbond substituents is 1. The third kappa shape index (κ3) is 9.49. The van der Waals surface area contributed by atoms with E-state index in [1.54, 1.807) is 44.7 Å². The molecule has 0 aromatic heterocycles. The zero-order valence-electron chi connectivity index (χ0n) is 25.3. The van der Waals surface area contributed by atoms with E-state index in [-0.39, 0.29) is 43.7 Å². The zero-order valence-corrected chi connectivity index (χ0v) is 25.3. The predicted octanol–water partition coefficient (Wildman–Crippen LogP) is 4.18. The summed E-state index contributed by atoms with van der Waals surface area (Å²) >= 11 is 0. The SMILES string of the molecule is CCOC(=O)CCNC(=O)C(c1ccc(C)cc1)N(C(=O)C(Cc1ccc(O)cc1)NC(=O)OC(C)(C)C)C1CC1C. The van der Waals surface area contributed by atoms with Crippen molar-refractivity contribution in [2.75, 3.05) is 13.2 Å². The van der Waals surface area contributed by atoms with Gasteiger partial charge in [0.05, 0.1) is 13.0 Å². The number of benzene rings is 2. The van der Waals surface area contributed by atoms with Crippen LogP contribution in [0.5, 0.6) is 5.75 Å². The van der Waals surface area contributed by atoms with Crippen LogP contribution in [-0.2, 0) is 30.3 Å². The summed E-state index contributed by atoms with van der Waals surface area (Å²) in [4.78, 5) is 54.6. The predicted molar refractivity (Wildman–Crippen MR) is 158 cm³/mol. The van der Waals surface area contributed by atoms with Gasteiger partial charge in [0.25, 0.3) is 0 Å². The molecule has 0 heterocycles. The molecule has 0 bridgehead atoms. The Balaban J connectivity index is 1.98. The molecule has 228 valence electrons. The first-order chi connectivity index (χ1) is 19.8. The van der Waals surface area contributed by atoms with Crippen LogP contribution in [0.3, 0.4) is 0 Å². The van der Waals surface area contributed by atoms with E-state index in [1.807, 2.05) is 38.1 Å². The van der Waals surface area contributed by atoms with Gasteiger partial charge < -0.3 is 30.1 Å². The van der Waals surface area contributed by atoms with Gasteiger partial charge in [-0.1, -0.05) is 48.9 Å². The lowest BCUT2D eigenvalue weighted by Gasteiger charge is -2.35. The van der Waals surface area contributed by atoms with Crippen molar-refractivity contribution in [1.29, 1.82) is 0 Å². The highest BCUT2D eigenvalue weighted by atomic mass is 16.6. The van der Waals surface area contributed by atoms with Crippen LogP contribution >= 0.6 is 0 Å². The second kappa shape index (κ2) is 14.2. The van der Waals surface area contributed by atoms with Crippen molar-refractivity contribution in [1.82, 2.24) is 15.5 Å². The van der Waals surface area contributed by atoms with Crippen LogP contribution in [0, 0.1) is 12.8 Å². The summed E-state index contributed by atoms with van der Waals surface area (Å²) in [6.07, 6.45) is 0.0515. The van der Waals surface area contributed by atoms with Crippen molar-refractivity contribution in [3.63, 3.8) is 0 Å². The van der Waals surface area contributed by atoms with Crippen LogP contribution in [0.25, 0.3) is 0 Å². The lowest BCUT2D eigenvalue weighted by molar-refractivity contribution is -0.145. The normalized spacial score (nSPS) is 17.4. The van der Waals surface area contributed by atoms with Crippen molar-refractivity contribution >= 4 is 23.9 Å². The molecule has 0 aliphatic heterocycles. The number of amides is 3. The van der Waals surface area contributed by atoms with E-state index in [9.17, 15) is 24.3 Å². The van der Waals surface area contributed by atoms with Gasteiger partial charge in [0.1, 0.15) is 23.4 Å². The summed E-state index contributed by atoms with van der Waals surface area (Å²) in [5.41, 5.74) is 1.53. The van der Waals surface area contributed by atoms with Gasteiger partial charge in [0, 0.05) is 19.0 Å². The largest absolute Gasteiger partial charge is 0.508 e. The third-order valence-corrected chi connectivity index (χ3v) is 6.90. The molecule has 4 atom stereocenters. The first kappa shape index (κ1) is 32.4. The van der Waals surface area contributed by atoms with Crippen LogP contribution in [0.15, 0.2) is 48.5 Å². The van der Waals surface area contributed by atoms with E-state index in [0.29, 0.717) is 17.5 Å². The van der Waals surface area contributed by atoms with E-state index < -0.39 is 41.6 Å². The molecule has 3 N–H and O–H groups in total. The van der Waals surface area contributed by atoms with E-state index in [1.165, 1.54) is 12.1 Å². The fourth-order valence-electron chi connectivity index (χ4n) is 4.67. The molecular formula is C32H43N3O7. The number of nitrogens with zero attached hydrogens (tertiary/aromatic N) is 1. The lowest BCUT2D eigenvalue weighted by Crippen LogP contribution is -2.54. The number of rotatable bonds is 12. The van der Waals surface area contributed by atoms with Gasteiger partial charge in [-0.25, -0.2) is 4.79 Å². The van der Waals surface area contributed by atoms with E-state index in [4.69, 9.17) is 9.47 Å². The summed E-state index contributed by atoms with van der Waals surface area (Å²) in [7, 11) is 0. The van der Waals surface area contributed by atoms with Crippen molar-refractivity contribution in [3.05, 3.63) is 65.2 Å². The quantitative estimate of drug-likeness (QED) is 0.320. The zero-order chi connectivity index (χ0) is 31.0. The number of hydrogen-bond acceptors (Lipinski definition) is 7. The number of carbonyl (C=O) groups is 4. The van der Waals surface area contributed by atoms with Crippen LogP contribution in [0.1, 0.15) is 70.2 Å². The highest BCUT2D eigenvalue weighted by Crippen LogP contribution is 2.41. The van der Waals surface area contributed by atoms with Crippen LogP contribution in [0.4, 0.5) is 4.79 Å². The number of aromatic hydroxyl groups is 1. The molecule has 1 saturated carbocycles. The number of hydrogen-bond donors (Lipinski definition) is 3. The number of alkyl carbamates (subject to hydrolysis) is 1. The fraction of sp³-hybridized carbons (Fsp3) is 0.500. The molecule has 0 saturated heterocycles. The summed E-state index contributed by atoms with van der Waals surface area (Å²) in [6.45, 7) is 11.1. The minimum absolute atomic E-state index is 0.00233. The number of aryl methyl sites for hydroxylation is 1. The first-order valence-corrected chi connectivity index (χ1v) is 14.4. The van der Waals surface area contributed by atoms with E-state index >= 15 is 0 Å². The molecule has 1 aliphatic carbocycles. The topological polar surface area (TPSA) is 134 Å². The standard InChI is InChI=1S/C32H43N3O7/c1-7-41-27(37)16-17-33-29(38)28(23-12-8-20(2)9-13-23)35(26-18-21(26)3)30(39)25(34-31(40)42-32(4,5)6)19-22-10-14-24(36)15-11-22/h8-15,21,25-26,28,36H,7,16-19H2,1-6H3,(H,33,38)(H,34,40). The molecule has 0 spiro atoms. The van der Waals surface area contributed by atoms with E-state index in [2.05, 4.69) is 10.6 Å². The Morgan fingerprint density at radius 1 is 1.05 bits per heavy atom. The van der Waals surface area contributed by atoms with Crippen LogP contribution in [0.2, 0.25) is 0 Å². The van der Waals surface area contributed by atoms with Gasteiger partial charge in [-0.2, -0.15) is 0 Å². The molecule has 1 aliphatic rings.